The Kier molecular flexibility index (Phi) is 9.02. The summed E-state index contributed by atoms with van der Waals surface area (Å²) in [7, 11) is 1.88. The number of carbonyl (C=O) groups excluding carboxylic acids is 1. The fourth-order valence-corrected chi connectivity index (χ4v) is 3.86. The van der Waals surface area contributed by atoms with Gasteiger partial charge in [-0.1, -0.05) is 71.6 Å². The molecule has 0 fully saturated rings. The Balaban J connectivity index is 1.63. The maximum Gasteiger partial charge on any atom is 0.341 e. The second kappa shape index (κ2) is 11.3. The van der Waals surface area contributed by atoms with Gasteiger partial charge in [0, 0.05) is 12.8 Å². The maximum absolute atomic E-state index is 12.6. The van der Waals surface area contributed by atoms with Crippen LogP contribution >= 0.6 is 0 Å². The first-order chi connectivity index (χ1) is 13.1. The molecule has 0 bridgehead atoms. The highest BCUT2D eigenvalue weighted by atomic mass is 16.5. The van der Waals surface area contributed by atoms with Crippen molar-refractivity contribution in [2.45, 2.75) is 97.4 Å². The Morgan fingerprint density at radius 2 is 1.59 bits per heavy atom. The number of rotatable bonds is 13. The molecule has 0 saturated carbocycles. The minimum absolute atomic E-state index is 0.0834. The summed E-state index contributed by atoms with van der Waals surface area (Å²) in [5.74, 6) is -0.246. The van der Waals surface area contributed by atoms with E-state index < -0.39 is 0 Å². The number of hydrogen-bond acceptors (Lipinski definition) is 5. The van der Waals surface area contributed by atoms with Gasteiger partial charge in [-0.05, 0) is 19.8 Å². The van der Waals surface area contributed by atoms with Crippen molar-refractivity contribution in [2.75, 3.05) is 13.7 Å². The molecule has 27 heavy (non-hydrogen) atoms. The monoisotopic (exact) mass is 375 g/mol. The molecule has 2 aliphatic rings. The Morgan fingerprint density at radius 3 is 2.19 bits per heavy atom. The molecule has 1 unspecified atom stereocenters. The number of likely N-dealkylation sites (N-methyl/N-ethyl adjacent to an activating group) is 1. The minimum Gasteiger partial charge on any atom is -0.462 e. The van der Waals surface area contributed by atoms with Crippen molar-refractivity contribution in [3.05, 3.63) is 11.3 Å². The highest BCUT2D eigenvalue weighted by molar-refractivity contribution is 6.23. The van der Waals surface area contributed by atoms with Gasteiger partial charge in [0.2, 0.25) is 0 Å². The van der Waals surface area contributed by atoms with Crippen molar-refractivity contribution in [1.29, 1.82) is 0 Å². The highest BCUT2D eigenvalue weighted by Crippen LogP contribution is 2.32. The number of nitrogens with zero attached hydrogens (tertiary/aromatic N) is 3. The summed E-state index contributed by atoms with van der Waals surface area (Å²) in [6, 6.07) is -0.0834. The quantitative estimate of drug-likeness (QED) is 0.326. The summed E-state index contributed by atoms with van der Waals surface area (Å²) in [6.45, 7) is 6.71. The van der Waals surface area contributed by atoms with E-state index in [4.69, 9.17) is 4.74 Å². The summed E-state index contributed by atoms with van der Waals surface area (Å²) in [5, 5.41) is 6.29. The standard InChI is InChI=1S/C22H37N3O2/c1-5-7-8-9-10-11-12-13-14-15-16-27-22(26)19-17(3)23-20-18(6-2)24-25(4)21(19)20/h20H,5-16H2,1-4H3. The van der Waals surface area contributed by atoms with E-state index in [9.17, 15) is 4.79 Å². The molecule has 0 radical (unpaired) electrons. The smallest absolute Gasteiger partial charge is 0.341 e. The van der Waals surface area contributed by atoms with Crippen LogP contribution in [0.1, 0.15) is 91.4 Å². The van der Waals surface area contributed by atoms with Crippen LogP contribution in [-0.2, 0) is 9.53 Å². The first-order valence-corrected chi connectivity index (χ1v) is 10.9. The van der Waals surface area contributed by atoms with E-state index in [1.807, 2.05) is 14.0 Å². The molecule has 0 N–H and O–H groups in total. The van der Waals surface area contributed by atoms with Crippen LogP contribution in [-0.4, -0.2) is 42.1 Å². The molecule has 0 amide bonds. The van der Waals surface area contributed by atoms with Crippen molar-refractivity contribution in [1.82, 2.24) is 5.01 Å². The van der Waals surface area contributed by atoms with Crippen LogP contribution in [0.15, 0.2) is 21.4 Å². The lowest BCUT2D eigenvalue weighted by Gasteiger charge is -2.13. The van der Waals surface area contributed by atoms with Crippen molar-refractivity contribution in [3.8, 4) is 0 Å². The maximum atomic E-state index is 12.6. The molecule has 0 aliphatic carbocycles. The molecule has 0 aromatic carbocycles. The van der Waals surface area contributed by atoms with E-state index in [0.29, 0.717) is 12.2 Å². The Morgan fingerprint density at radius 1 is 1.00 bits per heavy atom. The lowest BCUT2D eigenvalue weighted by Crippen LogP contribution is -2.20. The van der Waals surface area contributed by atoms with E-state index in [2.05, 4.69) is 23.9 Å². The topological polar surface area (TPSA) is 54.3 Å². The summed E-state index contributed by atoms with van der Waals surface area (Å²) < 4.78 is 5.54. The normalized spacial score (nSPS) is 18.7. The van der Waals surface area contributed by atoms with Crippen molar-refractivity contribution in [2.24, 2.45) is 10.1 Å². The fourth-order valence-electron chi connectivity index (χ4n) is 3.86. The summed E-state index contributed by atoms with van der Waals surface area (Å²) in [6.07, 6.45) is 13.6. The van der Waals surface area contributed by atoms with Gasteiger partial charge in [-0.25, -0.2) is 4.79 Å². The third-order valence-corrected chi connectivity index (χ3v) is 5.44. The van der Waals surface area contributed by atoms with Crippen LogP contribution in [0, 0.1) is 0 Å². The van der Waals surface area contributed by atoms with E-state index in [-0.39, 0.29) is 12.0 Å². The van der Waals surface area contributed by atoms with Gasteiger partial charge in [-0.15, -0.1) is 0 Å². The zero-order valence-electron chi connectivity index (χ0n) is 17.7. The Labute approximate surface area is 164 Å². The molecule has 0 aromatic rings. The predicted molar refractivity (Wildman–Crippen MR) is 112 cm³/mol. The molecule has 2 heterocycles. The van der Waals surface area contributed by atoms with Gasteiger partial charge >= 0.3 is 5.97 Å². The van der Waals surface area contributed by atoms with Gasteiger partial charge in [-0.2, -0.15) is 5.10 Å². The van der Waals surface area contributed by atoms with Gasteiger partial charge in [0.1, 0.15) is 11.6 Å². The molecule has 0 aromatic heterocycles. The number of esters is 1. The van der Waals surface area contributed by atoms with E-state index in [0.717, 1.165) is 36.4 Å². The predicted octanol–water partition coefficient (Wildman–Crippen LogP) is 5.26. The van der Waals surface area contributed by atoms with Crippen LogP contribution in [0.3, 0.4) is 0 Å². The lowest BCUT2D eigenvalue weighted by atomic mass is 10.1. The second-order valence-electron chi connectivity index (χ2n) is 7.66. The second-order valence-corrected chi connectivity index (χ2v) is 7.66. The number of hydrogen-bond donors (Lipinski definition) is 0. The molecular formula is C22H37N3O2. The Hall–Kier alpha value is -1.65. The number of fused-ring (bicyclic) bond motifs is 1. The third-order valence-electron chi connectivity index (χ3n) is 5.44. The molecule has 0 saturated heterocycles. The van der Waals surface area contributed by atoms with Crippen LogP contribution in [0.5, 0.6) is 0 Å². The molecular weight excluding hydrogens is 338 g/mol. The number of ether oxygens (including phenoxy) is 1. The molecule has 2 aliphatic heterocycles. The first-order valence-electron chi connectivity index (χ1n) is 10.9. The molecule has 5 heteroatoms. The van der Waals surface area contributed by atoms with Crippen molar-refractivity contribution in [3.63, 3.8) is 0 Å². The fraction of sp³-hybridized carbons (Fsp3) is 0.773. The lowest BCUT2D eigenvalue weighted by molar-refractivity contribution is -0.138. The van der Waals surface area contributed by atoms with E-state index >= 15 is 0 Å². The molecule has 2 rings (SSSR count). The Bertz CT molecular complexity index is 592. The number of unbranched alkanes of at least 4 members (excludes halogenated alkanes) is 9. The van der Waals surface area contributed by atoms with Crippen LogP contribution in [0.25, 0.3) is 0 Å². The average molecular weight is 376 g/mol. The molecule has 0 spiro atoms. The average Bonchev–Trinajstić information content (AvgIpc) is 3.15. The minimum atomic E-state index is -0.246. The first kappa shape index (κ1) is 21.6. The zero-order valence-corrected chi connectivity index (χ0v) is 17.7. The molecule has 152 valence electrons. The number of aliphatic imine (C=N–C) groups is 1. The van der Waals surface area contributed by atoms with Gasteiger partial charge in [0.15, 0.2) is 0 Å². The highest BCUT2D eigenvalue weighted by Gasteiger charge is 2.39. The molecule has 5 nitrogen and oxygen atoms in total. The summed E-state index contributed by atoms with van der Waals surface area (Å²) in [5.41, 5.74) is 3.29. The van der Waals surface area contributed by atoms with Gasteiger partial charge in [0.25, 0.3) is 0 Å². The van der Waals surface area contributed by atoms with Crippen LogP contribution in [0.2, 0.25) is 0 Å². The summed E-state index contributed by atoms with van der Waals surface area (Å²) >= 11 is 0. The van der Waals surface area contributed by atoms with Gasteiger partial charge in [0.05, 0.1) is 18.0 Å². The zero-order chi connectivity index (χ0) is 19.6. The van der Waals surface area contributed by atoms with Crippen molar-refractivity contribution < 1.29 is 9.53 Å². The summed E-state index contributed by atoms with van der Waals surface area (Å²) in [4.78, 5) is 17.2. The SMILES string of the molecule is CCCCCCCCCCCCOC(=O)C1=C2C(N=C1C)C(CC)=NN2C. The largest absolute Gasteiger partial charge is 0.462 e. The van der Waals surface area contributed by atoms with Crippen molar-refractivity contribution >= 4 is 17.4 Å². The van der Waals surface area contributed by atoms with Gasteiger partial charge < -0.3 is 4.74 Å². The van der Waals surface area contributed by atoms with Gasteiger partial charge in [-0.3, -0.25) is 10.0 Å². The number of carbonyl (C=O) groups is 1. The van der Waals surface area contributed by atoms with E-state index in [1.165, 1.54) is 51.4 Å². The third kappa shape index (κ3) is 5.91. The van der Waals surface area contributed by atoms with Crippen LogP contribution < -0.4 is 0 Å². The molecule has 1 atom stereocenters. The van der Waals surface area contributed by atoms with E-state index in [1.54, 1.807) is 5.01 Å². The number of hydrazone groups is 1. The van der Waals surface area contributed by atoms with Crippen LogP contribution in [0.4, 0.5) is 0 Å².